The zero-order valence-corrected chi connectivity index (χ0v) is 13.0. The minimum Gasteiger partial charge on any atom is -0.493 e. The summed E-state index contributed by atoms with van der Waals surface area (Å²) >= 11 is 1.78. The molecule has 0 saturated heterocycles. The van der Waals surface area contributed by atoms with Crippen molar-refractivity contribution in [2.45, 2.75) is 10.3 Å². The van der Waals surface area contributed by atoms with E-state index in [4.69, 9.17) is 14.2 Å². The number of anilines is 1. The van der Waals surface area contributed by atoms with E-state index >= 15 is 0 Å². The Kier molecular flexibility index (Phi) is 3.84. The molecular weight excluding hydrogens is 286 g/mol. The zero-order chi connectivity index (χ0) is 14.8. The van der Waals surface area contributed by atoms with Gasteiger partial charge in [0.25, 0.3) is 0 Å². The lowest BCUT2D eigenvalue weighted by Gasteiger charge is -2.17. The third-order valence-corrected chi connectivity index (χ3v) is 4.64. The van der Waals surface area contributed by atoms with Crippen LogP contribution in [0.15, 0.2) is 41.3 Å². The first-order valence-electron chi connectivity index (χ1n) is 6.59. The maximum Gasteiger partial charge on any atom is 0.203 e. The Balaban J connectivity index is 1.97. The molecular formula is C16H17NO3S. The van der Waals surface area contributed by atoms with Crippen LogP contribution >= 0.6 is 11.8 Å². The Labute approximate surface area is 128 Å². The van der Waals surface area contributed by atoms with Crippen LogP contribution in [0.2, 0.25) is 0 Å². The molecule has 0 saturated carbocycles. The smallest absolute Gasteiger partial charge is 0.203 e. The Hall–Kier alpha value is -2.01. The second kappa shape index (κ2) is 5.77. The van der Waals surface area contributed by atoms with Gasteiger partial charge in [0, 0.05) is 10.6 Å². The monoisotopic (exact) mass is 303 g/mol. The molecule has 0 bridgehead atoms. The molecule has 0 aliphatic carbocycles. The zero-order valence-electron chi connectivity index (χ0n) is 12.2. The number of benzene rings is 2. The van der Waals surface area contributed by atoms with Crippen molar-refractivity contribution < 1.29 is 14.2 Å². The van der Waals surface area contributed by atoms with Crippen molar-refractivity contribution >= 4 is 17.4 Å². The van der Waals surface area contributed by atoms with Crippen LogP contribution < -0.4 is 19.5 Å². The van der Waals surface area contributed by atoms with Gasteiger partial charge < -0.3 is 19.5 Å². The lowest BCUT2D eigenvalue weighted by atomic mass is 10.1. The number of thioether (sulfide) groups is 1. The molecule has 0 amide bonds. The fourth-order valence-electron chi connectivity index (χ4n) is 2.39. The molecule has 4 nitrogen and oxygen atoms in total. The van der Waals surface area contributed by atoms with Crippen LogP contribution in [0.4, 0.5) is 5.69 Å². The quantitative estimate of drug-likeness (QED) is 0.926. The highest BCUT2D eigenvalue weighted by atomic mass is 32.2. The molecule has 5 heteroatoms. The van der Waals surface area contributed by atoms with Gasteiger partial charge in [-0.2, -0.15) is 0 Å². The molecule has 2 aromatic carbocycles. The van der Waals surface area contributed by atoms with E-state index in [9.17, 15) is 0 Å². The van der Waals surface area contributed by atoms with Crippen LogP contribution in [0.25, 0.3) is 0 Å². The van der Waals surface area contributed by atoms with Crippen LogP contribution in [0.1, 0.15) is 10.9 Å². The fraction of sp³-hybridized carbons (Fsp3) is 0.250. The SMILES string of the molecule is COc1cc([C@@H]2Nc3ccccc3S2)cc(OC)c1OC. The molecule has 0 radical (unpaired) electrons. The van der Waals surface area contributed by atoms with Gasteiger partial charge in [0.15, 0.2) is 11.5 Å². The number of ether oxygens (including phenoxy) is 3. The molecule has 1 aliphatic heterocycles. The Morgan fingerprint density at radius 3 is 2.19 bits per heavy atom. The summed E-state index contributed by atoms with van der Waals surface area (Å²) in [7, 11) is 4.87. The second-order valence-electron chi connectivity index (χ2n) is 4.60. The normalized spacial score (nSPS) is 16.0. The van der Waals surface area contributed by atoms with Crippen molar-refractivity contribution in [1.29, 1.82) is 0 Å². The minimum atomic E-state index is 0.135. The highest BCUT2D eigenvalue weighted by Crippen LogP contribution is 2.49. The van der Waals surface area contributed by atoms with Gasteiger partial charge in [0.1, 0.15) is 5.37 Å². The molecule has 1 atom stereocenters. The second-order valence-corrected chi connectivity index (χ2v) is 5.74. The van der Waals surface area contributed by atoms with Gasteiger partial charge in [-0.1, -0.05) is 23.9 Å². The summed E-state index contributed by atoms with van der Waals surface area (Å²) in [6.45, 7) is 0. The fourth-order valence-corrected chi connectivity index (χ4v) is 3.51. The van der Waals surface area contributed by atoms with E-state index in [1.807, 2.05) is 24.3 Å². The van der Waals surface area contributed by atoms with Crippen LogP contribution in [-0.4, -0.2) is 21.3 Å². The summed E-state index contributed by atoms with van der Waals surface area (Å²) in [6, 6.07) is 12.2. The summed E-state index contributed by atoms with van der Waals surface area (Å²) in [5, 5.41) is 3.64. The third kappa shape index (κ3) is 2.49. The van der Waals surface area contributed by atoms with Gasteiger partial charge >= 0.3 is 0 Å². The number of para-hydroxylation sites is 1. The molecule has 0 spiro atoms. The number of fused-ring (bicyclic) bond motifs is 1. The van der Waals surface area contributed by atoms with Gasteiger partial charge in [0.05, 0.1) is 21.3 Å². The third-order valence-electron chi connectivity index (χ3n) is 3.41. The van der Waals surface area contributed by atoms with Crippen molar-refractivity contribution in [3.05, 3.63) is 42.0 Å². The lowest BCUT2D eigenvalue weighted by molar-refractivity contribution is 0.324. The van der Waals surface area contributed by atoms with Crippen molar-refractivity contribution in [2.75, 3.05) is 26.6 Å². The predicted octanol–water partition coefficient (Wildman–Crippen LogP) is 3.93. The summed E-state index contributed by atoms with van der Waals surface area (Å²) in [4.78, 5) is 1.25. The first-order chi connectivity index (χ1) is 10.3. The maximum absolute atomic E-state index is 5.41. The first-order valence-corrected chi connectivity index (χ1v) is 7.47. The van der Waals surface area contributed by atoms with E-state index < -0.39 is 0 Å². The van der Waals surface area contributed by atoms with E-state index in [1.165, 1.54) is 4.90 Å². The molecule has 0 unspecified atom stereocenters. The average Bonchev–Trinajstić information content (AvgIpc) is 2.97. The van der Waals surface area contributed by atoms with Gasteiger partial charge in [-0.05, 0) is 29.8 Å². The number of nitrogens with one attached hydrogen (secondary N) is 1. The van der Waals surface area contributed by atoms with Crippen LogP contribution in [-0.2, 0) is 0 Å². The maximum atomic E-state index is 5.41. The standard InChI is InChI=1S/C16H17NO3S/c1-18-12-8-10(9-13(19-2)15(12)20-3)16-17-11-6-4-5-7-14(11)21-16/h4-9,16-17H,1-3H3/t16-/m1/s1. The summed E-state index contributed by atoms with van der Waals surface area (Å²) in [5.41, 5.74) is 2.24. The van der Waals surface area contributed by atoms with Crippen molar-refractivity contribution in [3.8, 4) is 17.2 Å². The van der Waals surface area contributed by atoms with E-state index in [0.717, 1.165) is 11.3 Å². The van der Waals surface area contributed by atoms with Gasteiger partial charge in [-0.3, -0.25) is 0 Å². The highest BCUT2D eigenvalue weighted by Gasteiger charge is 2.25. The predicted molar refractivity (Wildman–Crippen MR) is 84.8 cm³/mol. The number of rotatable bonds is 4. The van der Waals surface area contributed by atoms with Gasteiger partial charge in [-0.15, -0.1) is 0 Å². The molecule has 0 fully saturated rings. The molecule has 1 heterocycles. The van der Waals surface area contributed by atoms with Crippen LogP contribution in [0.3, 0.4) is 0 Å². The minimum absolute atomic E-state index is 0.135. The van der Waals surface area contributed by atoms with Crippen molar-refractivity contribution in [2.24, 2.45) is 0 Å². The topological polar surface area (TPSA) is 39.7 Å². The number of hydrogen-bond acceptors (Lipinski definition) is 5. The first kappa shape index (κ1) is 13.9. The summed E-state index contributed by atoms with van der Waals surface area (Å²) < 4.78 is 16.2. The lowest BCUT2D eigenvalue weighted by Crippen LogP contribution is -2.03. The van der Waals surface area contributed by atoms with Crippen LogP contribution in [0, 0.1) is 0 Å². The largest absolute Gasteiger partial charge is 0.493 e. The molecule has 0 aromatic heterocycles. The Morgan fingerprint density at radius 1 is 0.952 bits per heavy atom. The number of methoxy groups -OCH3 is 3. The summed E-state index contributed by atoms with van der Waals surface area (Å²) in [6.07, 6.45) is 0. The molecule has 21 heavy (non-hydrogen) atoms. The molecule has 1 N–H and O–H groups in total. The highest BCUT2D eigenvalue weighted by molar-refractivity contribution is 8.00. The van der Waals surface area contributed by atoms with E-state index in [2.05, 4.69) is 17.4 Å². The Morgan fingerprint density at radius 2 is 1.62 bits per heavy atom. The molecule has 110 valence electrons. The Bertz CT molecular complexity index is 610. The molecule has 3 rings (SSSR count). The van der Waals surface area contributed by atoms with Crippen LogP contribution in [0.5, 0.6) is 17.2 Å². The number of hydrogen-bond donors (Lipinski definition) is 1. The van der Waals surface area contributed by atoms with E-state index in [0.29, 0.717) is 17.2 Å². The van der Waals surface area contributed by atoms with Crippen molar-refractivity contribution in [1.82, 2.24) is 0 Å². The van der Waals surface area contributed by atoms with Gasteiger partial charge in [0.2, 0.25) is 5.75 Å². The van der Waals surface area contributed by atoms with Crippen molar-refractivity contribution in [3.63, 3.8) is 0 Å². The van der Waals surface area contributed by atoms with E-state index in [-0.39, 0.29) is 5.37 Å². The van der Waals surface area contributed by atoms with Gasteiger partial charge in [-0.25, -0.2) is 0 Å². The molecule has 1 aliphatic rings. The molecule has 2 aromatic rings. The van der Waals surface area contributed by atoms with E-state index in [1.54, 1.807) is 33.1 Å². The summed E-state index contributed by atoms with van der Waals surface area (Å²) in [5.74, 6) is 1.96. The average molecular weight is 303 g/mol.